The smallest absolute Gasteiger partial charge is 0.143 e. The lowest BCUT2D eigenvalue weighted by molar-refractivity contribution is 0.215. The Morgan fingerprint density at radius 1 is 1.35 bits per heavy atom. The molecule has 0 radical (unpaired) electrons. The number of nitrogens with zero attached hydrogens (tertiary/aromatic N) is 2. The zero-order valence-electron chi connectivity index (χ0n) is 9.95. The molecule has 2 rings (SSSR count). The van der Waals surface area contributed by atoms with Crippen molar-refractivity contribution in [2.24, 2.45) is 11.1 Å². The molecular formula is C12H19BrN4. The highest BCUT2D eigenvalue weighted by molar-refractivity contribution is 9.10. The minimum absolute atomic E-state index is 0.253. The average Bonchev–Trinajstić information content (AvgIpc) is 2.39. The van der Waals surface area contributed by atoms with Gasteiger partial charge >= 0.3 is 0 Å². The molecule has 17 heavy (non-hydrogen) atoms. The summed E-state index contributed by atoms with van der Waals surface area (Å²) >= 11 is 3.44. The maximum Gasteiger partial charge on any atom is 0.143 e. The summed E-state index contributed by atoms with van der Waals surface area (Å²) in [4.78, 5) is 8.17. The van der Waals surface area contributed by atoms with Gasteiger partial charge in [0.15, 0.2) is 0 Å². The Balaban J connectivity index is 1.98. The normalized spacial score (nSPS) is 18.9. The van der Waals surface area contributed by atoms with E-state index in [4.69, 9.17) is 5.73 Å². The first kappa shape index (κ1) is 12.8. The number of nitrogens with one attached hydrogen (secondary N) is 1. The number of hydrogen-bond donors (Lipinski definition) is 2. The summed E-state index contributed by atoms with van der Waals surface area (Å²) in [6.45, 7) is 1.65. The molecule has 1 aromatic heterocycles. The van der Waals surface area contributed by atoms with Gasteiger partial charge in [-0.1, -0.05) is 19.3 Å². The largest absolute Gasteiger partial charge is 0.368 e. The Hall–Kier alpha value is -0.680. The molecule has 1 heterocycles. The van der Waals surface area contributed by atoms with E-state index >= 15 is 0 Å². The van der Waals surface area contributed by atoms with Crippen LogP contribution in [0.5, 0.6) is 0 Å². The fourth-order valence-electron chi connectivity index (χ4n) is 2.47. The summed E-state index contributed by atoms with van der Waals surface area (Å²) in [7, 11) is 0. The van der Waals surface area contributed by atoms with Crippen molar-refractivity contribution in [2.75, 3.05) is 18.4 Å². The van der Waals surface area contributed by atoms with Crippen LogP contribution in [0.2, 0.25) is 0 Å². The number of halogens is 1. The predicted molar refractivity (Wildman–Crippen MR) is 72.8 cm³/mol. The molecule has 1 aliphatic carbocycles. The van der Waals surface area contributed by atoms with E-state index in [9.17, 15) is 0 Å². The van der Waals surface area contributed by atoms with Crippen LogP contribution in [0.25, 0.3) is 0 Å². The second-order valence-electron chi connectivity index (χ2n) is 4.84. The standard InChI is InChI=1S/C12H19BrN4/c13-10-6-15-9-17-11(10)16-8-12(7-14)4-2-1-3-5-12/h6,9H,1-5,7-8,14H2,(H,15,16,17). The van der Waals surface area contributed by atoms with Crippen LogP contribution in [-0.4, -0.2) is 23.1 Å². The van der Waals surface area contributed by atoms with Crippen molar-refractivity contribution in [3.05, 3.63) is 17.0 Å². The lowest BCUT2D eigenvalue weighted by atomic mass is 9.74. The molecule has 0 saturated heterocycles. The zero-order valence-corrected chi connectivity index (χ0v) is 11.5. The first-order chi connectivity index (χ1) is 8.26. The Labute approximate surface area is 111 Å². The number of rotatable bonds is 4. The number of hydrogen-bond acceptors (Lipinski definition) is 4. The summed E-state index contributed by atoms with van der Waals surface area (Å²) in [5.74, 6) is 0.860. The number of nitrogens with two attached hydrogens (primary N) is 1. The van der Waals surface area contributed by atoms with E-state index in [0.717, 1.165) is 23.4 Å². The molecule has 0 aromatic carbocycles. The van der Waals surface area contributed by atoms with Crippen LogP contribution in [0.3, 0.4) is 0 Å². The fraction of sp³-hybridized carbons (Fsp3) is 0.667. The van der Waals surface area contributed by atoms with Gasteiger partial charge in [0, 0.05) is 12.7 Å². The van der Waals surface area contributed by atoms with E-state index in [1.807, 2.05) is 0 Å². The Morgan fingerprint density at radius 3 is 2.76 bits per heavy atom. The van der Waals surface area contributed by atoms with Crippen LogP contribution >= 0.6 is 15.9 Å². The third-order valence-corrected chi connectivity index (χ3v) is 4.23. The van der Waals surface area contributed by atoms with Crippen LogP contribution in [0.1, 0.15) is 32.1 Å². The van der Waals surface area contributed by atoms with Gasteiger partial charge in [-0.3, -0.25) is 0 Å². The quantitative estimate of drug-likeness (QED) is 0.897. The molecule has 1 aromatic rings. The second-order valence-corrected chi connectivity index (χ2v) is 5.69. The van der Waals surface area contributed by atoms with E-state index in [-0.39, 0.29) is 5.41 Å². The van der Waals surface area contributed by atoms with Crippen molar-refractivity contribution in [3.8, 4) is 0 Å². The number of anilines is 1. The minimum atomic E-state index is 0.253. The van der Waals surface area contributed by atoms with Gasteiger partial charge in [0.05, 0.1) is 4.47 Å². The highest BCUT2D eigenvalue weighted by Gasteiger charge is 2.30. The third-order valence-electron chi connectivity index (χ3n) is 3.65. The lowest BCUT2D eigenvalue weighted by Gasteiger charge is -2.36. The van der Waals surface area contributed by atoms with Crippen molar-refractivity contribution in [1.82, 2.24) is 9.97 Å². The van der Waals surface area contributed by atoms with Crippen LogP contribution < -0.4 is 11.1 Å². The molecule has 1 aliphatic rings. The topological polar surface area (TPSA) is 63.8 Å². The SMILES string of the molecule is NCC1(CNc2ncncc2Br)CCCCC1. The van der Waals surface area contributed by atoms with Crippen molar-refractivity contribution in [1.29, 1.82) is 0 Å². The fourth-order valence-corrected chi connectivity index (χ4v) is 2.83. The Bertz CT molecular complexity index is 363. The summed E-state index contributed by atoms with van der Waals surface area (Å²) in [5, 5.41) is 3.40. The molecule has 0 atom stereocenters. The van der Waals surface area contributed by atoms with Crippen molar-refractivity contribution in [3.63, 3.8) is 0 Å². The van der Waals surface area contributed by atoms with Gasteiger partial charge in [0.1, 0.15) is 12.1 Å². The van der Waals surface area contributed by atoms with Crippen LogP contribution in [0.15, 0.2) is 17.0 Å². The summed E-state index contributed by atoms with van der Waals surface area (Å²) in [6, 6.07) is 0. The van der Waals surface area contributed by atoms with E-state index < -0.39 is 0 Å². The van der Waals surface area contributed by atoms with Gasteiger partial charge in [-0.2, -0.15) is 0 Å². The molecule has 5 heteroatoms. The summed E-state index contributed by atoms with van der Waals surface area (Å²) in [5.41, 5.74) is 6.21. The van der Waals surface area contributed by atoms with Crippen molar-refractivity contribution < 1.29 is 0 Å². The van der Waals surface area contributed by atoms with E-state index in [1.54, 1.807) is 12.5 Å². The second kappa shape index (κ2) is 5.78. The molecule has 1 saturated carbocycles. The third kappa shape index (κ3) is 3.16. The molecule has 94 valence electrons. The Morgan fingerprint density at radius 2 is 2.12 bits per heavy atom. The van der Waals surface area contributed by atoms with Crippen LogP contribution in [0.4, 0.5) is 5.82 Å². The molecule has 4 nitrogen and oxygen atoms in total. The molecule has 0 bridgehead atoms. The van der Waals surface area contributed by atoms with Gasteiger partial charge in [-0.05, 0) is 40.7 Å². The van der Waals surface area contributed by atoms with Gasteiger partial charge < -0.3 is 11.1 Å². The minimum Gasteiger partial charge on any atom is -0.368 e. The lowest BCUT2D eigenvalue weighted by Crippen LogP contribution is -2.39. The molecular weight excluding hydrogens is 280 g/mol. The highest BCUT2D eigenvalue weighted by Crippen LogP contribution is 2.35. The first-order valence-corrected chi connectivity index (χ1v) is 6.94. The van der Waals surface area contributed by atoms with Gasteiger partial charge in [-0.25, -0.2) is 9.97 Å². The monoisotopic (exact) mass is 298 g/mol. The molecule has 3 N–H and O–H groups in total. The van der Waals surface area contributed by atoms with E-state index in [2.05, 4.69) is 31.2 Å². The number of aromatic nitrogens is 2. The summed E-state index contributed by atoms with van der Waals surface area (Å²) in [6.07, 6.45) is 9.69. The molecule has 0 aliphatic heterocycles. The molecule has 0 amide bonds. The van der Waals surface area contributed by atoms with Gasteiger partial charge in [0.25, 0.3) is 0 Å². The first-order valence-electron chi connectivity index (χ1n) is 6.15. The van der Waals surface area contributed by atoms with Crippen molar-refractivity contribution >= 4 is 21.7 Å². The van der Waals surface area contributed by atoms with E-state index in [0.29, 0.717) is 0 Å². The van der Waals surface area contributed by atoms with E-state index in [1.165, 1.54) is 32.1 Å². The zero-order chi connectivity index (χ0) is 12.1. The van der Waals surface area contributed by atoms with Crippen LogP contribution in [0, 0.1) is 5.41 Å². The predicted octanol–water partition coefficient (Wildman–Crippen LogP) is 2.56. The summed E-state index contributed by atoms with van der Waals surface area (Å²) < 4.78 is 0.906. The van der Waals surface area contributed by atoms with Gasteiger partial charge in [-0.15, -0.1) is 0 Å². The Kier molecular flexibility index (Phi) is 4.34. The molecule has 0 unspecified atom stereocenters. The average molecular weight is 299 g/mol. The van der Waals surface area contributed by atoms with Gasteiger partial charge in [0.2, 0.25) is 0 Å². The van der Waals surface area contributed by atoms with Crippen LogP contribution in [-0.2, 0) is 0 Å². The maximum atomic E-state index is 5.96. The van der Waals surface area contributed by atoms with Crippen molar-refractivity contribution in [2.45, 2.75) is 32.1 Å². The highest BCUT2D eigenvalue weighted by atomic mass is 79.9. The molecule has 1 fully saturated rings. The maximum absolute atomic E-state index is 5.96. The molecule has 0 spiro atoms.